The van der Waals surface area contributed by atoms with Crippen LogP contribution in [-0.2, 0) is 14.0 Å². The van der Waals surface area contributed by atoms with Crippen LogP contribution in [-0.4, -0.2) is 64.4 Å². The Morgan fingerprint density at radius 2 is 1.76 bits per heavy atom. The molecule has 0 aliphatic rings. The standard InChI is InChI=1S/C19H41NO3SSi/c1-5-8-9-10-11-13-19(21)24-16-12-17-25(18-22-4)23-15-14-20(6-2)7-3/h25H,5-18H2,1-4H3. The summed E-state index contributed by atoms with van der Waals surface area (Å²) in [5.41, 5.74) is 0. The third-order valence-electron chi connectivity index (χ3n) is 4.43. The van der Waals surface area contributed by atoms with Crippen LogP contribution < -0.4 is 0 Å². The van der Waals surface area contributed by atoms with E-state index in [0.717, 1.165) is 63.5 Å². The number of hydrogen-bond acceptors (Lipinski definition) is 5. The molecule has 0 aromatic rings. The Kier molecular flexibility index (Phi) is 19.0. The summed E-state index contributed by atoms with van der Waals surface area (Å²) in [5, 5.41) is 0.365. The van der Waals surface area contributed by atoms with Crippen molar-refractivity contribution in [1.29, 1.82) is 0 Å². The van der Waals surface area contributed by atoms with Crippen LogP contribution in [0, 0.1) is 0 Å². The summed E-state index contributed by atoms with van der Waals surface area (Å²) in [4.78, 5) is 14.3. The molecule has 150 valence electrons. The lowest BCUT2D eigenvalue weighted by molar-refractivity contribution is -0.111. The summed E-state index contributed by atoms with van der Waals surface area (Å²) < 4.78 is 11.4. The van der Waals surface area contributed by atoms with Crippen molar-refractivity contribution >= 4 is 25.9 Å². The Balaban J connectivity index is 3.72. The van der Waals surface area contributed by atoms with E-state index in [1.807, 2.05) is 0 Å². The molecule has 0 amide bonds. The lowest BCUT2D eigenvalue weighted by Crippen LogP contribution is -2.32. The van der Waals surface area contributed by atoms with Crippen molar-refractivity contribution < 1.29 is 14.0 Å². The molecule has 0 aromatic heterocycles. The highest BCUT2D eigenvalue weighted by Gasteiger charge is 2.13. The van der Waals surface area contributed by atoms with Crippen LogP contribution >= 0.6 is 11.8 Å². The second kappa shape index (κ2) is 18.9. The minimum absolute atomic E-state index is 0.365. The Hall–Kier alpha value is 0.117. The first kappa shape index (κ1) is 25.1. The zero-order valence-corrected chi connectivity index (χ0v) is 19.0. The predicted molar refractivity (Wildman–Crippen MR) is 113 cm³/mol. The van der Waals surface area contributed by atoms with Crippen LogP contribution in [0.5, 0.6) is 0 Å². The molecule has 0 N–H and O–H groups in total. The first-order valence-corrected chi connectivity index (χ1v) is 13.2. The van der Waals surface area contributed by atoms with E-state index in [-0.39, 0.29) is 0 Å². The third kappa shape index (κ3) is 16.0. The predicted octanol–water partition coefficient (Wildman–Crippen LogP) is 4.26. The number of methoxy groups -OCH3 is 1. The molecule has 0 heterocycles. The minimum Gasteiger partial charge on any atom is -0.416 e. The van der Waals surface area contributed by atoms with Gasteiger partial charge in [-0.25, -0.2) is 0 Å². The number of hydrogen-bond donors (Lipinski definition) is 0. The molecule has 1 atom stereocenters. The molecule has 0 radical (unpaired) electrons. The molecule has 0 fully saturated rings. The smallest absolute Gasteiger partial charge is 0.202 e. The number of likely N-dealkylation sites (N-methyl/N-ethyl adjacent to an activating group) is 1. The summed E-state index contributed by atoms with van der Waals surface area (Å²) in [6.07, 6.45) is 8.65. The van der Waals surface area contributed by atoms with E-state index < -0.39 is 9.04 Å². The molecule has 0 spiro atoms. The average molecular weight is 392 g/mol. The van der Waals surface area contributed by atoms with E-state index in [9.17, 15) is 4.79 Å². The Labute approximate surface area is 162 Å². The van der Waals surface area contributed by atoms with Crippen LogP contribution in [0.4, 0.5) is 0 Å². The van der Waals surface area contributed by atoms with Crippen LogP contribution in [0.25, 0.3) is 0 Å². The van der Waals surface area contributed by atoms with Gasteiger partial charge in [0.15, 0.2) is 5.12 Å². The fourth-order valence-corrected chi connectivity index (χ4v) is 5.75. The second-order valence-corrected chi connectivity index (χ2v) is 10.1. The summed E-state index contributed by atoms with van der Waals surface area (Å²) in [5.74, 6) is 0.931. The highest BCUT2D eigenvalue weighted by molar-refractivity contribution is 8.13. The number of thioether (sulfide) groups is 1. The number of carbonyl (C=O) groups is 1. The fourth-order valence-electron chi connectivity index (χ4n) is 2.73. The maximum absolute atomic E-state index is 11.9. The van der Waals surface area contributed by atoms with Gasteiger partial charge in [0, 0.05) is 32.4 Å². The Bertz CT molecular complexity index is 304. The number of unbranched alkanes of at least 4 members (excludes halogenated alkanes) is 4. The van der Waals surface area contributed by atoms with E-state index in [1.54, 1.807) is 7.11 Å². The van der Waals surface area contributed by atoms with Gasteiger partial charge in [-0.3, -0.25) is 4.79 Å². The van der Waals surface area contributed by atoms with Gasteiger partial charge in [0.1, 0.15) is 0 Å². The lowest BCUT2D eigenvalue weighted by Gasteiger charge is -2.21. The largest absolute Gasteiger partial charge is 0.416 e. The van der Waals surface area contributed by atoms with Crippen molar-refractivity contribution in [3.8, 4) is 0 Å². The molecule has 0 rings (SSSR count). The van der Waals surface area contributed by atoms with Crippen molar-refractivity contribution in [3.63, 3.8) is 0 Å². The highest BCUT2D eigenvalue weighted by Crippen LogP contribution is 2.14. The molecular formula is C19H41NO3SSi. The van der Waals surface area contributed by atoms with Gasteiger partial charge < -0.3 is 14.1 Å². The van der Waals surface area contributed by atoms with E-state index >= 15 is 0 Å². The SMILES string of the molecule is CCCCCCCC(=O)SCCC[SiH](COC)OCCN(CC)CC. The van der Waals surface area contributed by atoms with Gasteiger partial charge in [0.05, 0.1) is 6.23 Å². The lowest BCUT2D eigenvalue weighted by atomic mass is 10.1. The molecule has 0 saturated carbocycles. The molecule has 0 saturated heterocycles. The maximum Gasteiger partial charge on any atom is 0.202 e. The zero-order valence-electron chi connectivity index (χ0n) is 17.1. The van der Waals surface area contributed by atoms with Crippen LogP contribution in [0.1, 0.15) is 65.7 Å². The molecule has 0 aromatic carbocycles. The van der Waals surface area contributed by atoms with E-state index in [0.29, 0.717) is 5.12 Å². The van der Waals surface area contributed by atoms with E-state index in [1.165, 1.54) is 37.4 Å². The minimum atomic E-state index is -1.29. The first-order valence-electron chi connectivity index (χ1n) is 10.2. The van der Waals surface area contributed by atoms with Crippen LogP contribution in [0.2, 0.25) is 6.04 Å². The quantitative estimate of drug-likeness (QED) is 0.258. The molecule has 4 nitrogen and oxygen atoms in total. The third-order valence-corrected chi connectivity index (χ3v) is 7.91. The molecule has 6 heteroatoms. The van der Waals surface area contributed by atoms with Gasteiger partial charge in [-0.15, -0.1) is 0 Å². The monoisotopic (exact) mass is 391 g/mol. The van der Waals surface area contributed by atoms with Gasteiger partial charge >= 0.3 is 0 Å². The number of rotatable bonds is 18. The molecular weight excluding hydrogens is 350 g/mol. The summed E-state index contributed by atoms with van der Waals surface area (Å²) in [6, 6.07) is 1.10. The van der Waals surface area contributed by atoms with Crippen LogP contribution in [0.15, 0.2) is 0 Å². The topological polar surface area (TPSA) is 38.8 Å². The van der Waals surface area contributed by atoms with Gasteiger partial charge in [0.25, 0.3) is 0 Å². The van der Waals surface area contributed by atoms with Crippen molar-refractivity contribution in [1.82, 2.24) is 4.90 Å². The van der Waals surface area contributed by atoms with Crippen LogP contribution in [0.3, 0.4) is 0 Å². The van der Waals surface area contributed by atoms with Crippen molar-refractivity contribution in [2.75, 3.05) is 45.3 Å². The zero-order chi connectivity index (χ0) is 18.8. The molecule has 0 aliphatic heterocycles. The highest BCUT2D eigenvalue weighted by atomic mass is 32.2. The van der Waals surface area contributed by atoms with Gasteiger partial charge in [-0.05, 0) is 32.0 Å². The van der Waals surface area contributed by atoms with E-state index in [2.05, 4.69) is 25.7 Å². The van der Waals surface area contributed by atoms with E-state index in [4.69, 9.17) is 9.16 Å². The molecule has 0 aliphatic carbocycles. The molecule has 0 bridgehead atoms. The Morgan fingerprint density at radius 3 is 2.40 bits per heavy atom. The maximum atomic E-state index is 11.9. The normalized spacial score (nSPS) is 12.7. The van der Waals surface area contributed by atoms with Crippen molar-refractivity contribution in [2.45, 2.75) is 71.8 Å². The molecule has 25 heavy (non-hydrogen) atoms. The summed E-state index contributed by atoms with van der Waals surface area (Å²) >= 11 is 1.51. The van der Waals surface area contributed by atoms with Gasteiger partial charge in [0.2, 0.25) is 9.04 Å². The van der Waals surface area contributed by atoms with Crippen molar-refractivity contribution in [2.24, 2.45) is 0 Å². The number of ether oxygens (including phenoxy) is 1. The van der Waals surface area contributed by atoms with Crippen molar-refractivity contribution in [3.05, 3.63) is 0 Å². The number of nitrogens with zero attached hydrogens (tertiary/aromatic N) is 1. The summed E-state index contributed by atoms with van der Waals surface area (Å²) in [6.45, 7) is 10.6. The Morgan fingerprint density at radius 1 is 1.04 bits per heavy atom. The molecule has 1 unspecified atom stereocenters. The van der Waals surface area contributed by atoms with Gasteiger partial charge in [-0.2, -0.15) is 0 Å². The first-order chi connectivity index (χ1) is 12.2. The van der Waals surface area contributed by atoms with Gasteiger partial charge in [-0.1, -0.05) is 58.2 Å². The fraction of sp³-hybridized carbons (Fsp3) is 0.947. The second-order valence-electron chi connectivity index (χ2n) is 6.50. The summed E-state index contributed by atoms with van der Waals surface area (Å²) in [7, 11) is 0.468. The average Bonchev–Trinajstić information content (AvgIpc) is 2.62. The number of carbonyl (C=O) groups excluding carboxylic acids is 1.